The van der Waals surface area contributed by atoms with Crippen molar-refractivity contribution in [1.29, 1.82) is 0 Å². The molecule has 1 aliphatic carbocycles. The maximum Gasteiger partial charge on any atom is 0.142 e. The Morgan fingerprint density at radius 2 is 2.10 bits per heavy atom. The molecule has 0 radical (unpaired) electrons. The number of rotatable bonds is 4. The lowest BCUT2D eigenvalue weighted by molar-refractivity contribution is 0.559. The summed E-state index contributed by atoms with van der Waals surface area (Å²) >= 11 is 5.19. The molecule has 112 valence electrons. The highest BCUT2D eigenvalue weighted by molar-refractivity contribution is 9.10. The molecule has 0 amide bonds. The molecule has 0 aromatic carbocycles. The fourth-order valence-corrected chi connectivity index (χ4v) is 3.63. The molecule has 3 rings (SSSR count). The molecule has 1 fully saturated rings. The van der Waals surface area contributed by atoms with Crippen LogP contribution in [0.15, 0.2) is 22.8 Å². The SMILES string of the molecule is CC(C)(C)c1nc(-c2ccc(Br)cn2)sc1CNC1CC1. The van der Waals surface area contributed by atoms with Gasteiger partial charge in [-0.3, -0.25) is 4.98 Å². The summed E-state index contributed by atoms with van der Waals surface area (Å²) < 4.78 is 0.995. The summed E-state index contributed by atoms with van der Waals surface area (Å²) in [6.07, 6.45) is 4.45. The number of thiazole rings is 1. The van der Waals surface area contributed by atoms with Crippen molar-refractivity contribution < 1.29 is 0 Å². The van der Waals surface area contributed by atoms with Gasteiger partial charge >= 0.3 is 0 Å². The van der Waals surface area contributed by atoms with Gasteiger partial charge in [-0.1, -0.05) is 20.8 Å². The quantitative estimate of drug-likeness (QED) is 0.865. The van der Waals surface area contributed by atoms with Crippen LogP contribution in [0.3, 0.4) is 0 Å². The van der Waals surface area contributed by atoms with Crippen LogP contribution in [0.1, 0.15) is 44.2 Å². The van der Waals surface area contributed by atoms with E-state index in [1.807, 2.05) is 18.3 Å². The molecule has 0 bridgehead atoms. The van der Waals surface area contributed by atoms with E-state index in [1.165, 1.54) is 23.4 Å². The van der Waals surface area contributed by atoms with E-state index in [-0.39, 0.29) is 5.41 Å². The molecule has 0 spiro atoms. The van der Waals surface area contributed by atoms with E-state index in [0.717, 1.165) is 21.7 Å². The Bertz CT molecular complexity index is 624. The number of hydrogen-bond donors (Lipinski definition) is 1. The molecular weight excluding hydrogens is 346 g/mol. The van der Waals surface area contributed by atoms with Crippen LogP contribution in [0, 0.1) is 0 Å². The average molecular weight is 366 g/mol. The smallest absolute Gasteiger partial charge is 0.142 e. The molecule has 0 unspecified atom stereocenters. The molecule has 1 N–H and O–H groups in total. The summed E-state index contributed by atoms with van der Waals surface area (Å²) in [4.78, 5) is 10.7. The monoisotopic (exact) mass is 365 g/mol. The zero-order chi connectivity index (χ0) is 15.0. The largest absolute Gasteiger partial charge is 0.309 e. The number of halogens is 1. The van der Waals surface area contributed by atoms with Gasteiger partial charge in [-0.2, -0.15) is 0 Å². The first-order chi connectivity index (χ1) is 9.93. The maximum atomic E-state index is 4.88. The van der Waals surface area contributed by atoms with Gasteiger partial charge in [0.25, 0.3) is 0 Å². The Balaban J connectivity index is 1.91. The predicted octanol–water partition coefficient (Wildman–Crippen LogP) is 4.52. The Kier molecular flexibility index (Phi) is 4.17. The zero-order valence-corrected chi connectivity index (χ0v) is 15.0. The molecule has 2 aromatic heterocycles. The van der Waals surface area contributed by atoms with Gasteiger partial charge in [0.15, 0.2) is 0 Å². The van der Waals surface area contributed by atoms with Gasteiger partial charge < -0.3 is 5.32 Å². The Hall–Kier alpha value is -0.780. The summed E-state index contributed by atoms with van der Waals surface area (Å²) in [7, 11) is 0. The summed E-state index contributed by atoms with van der Waals surface area (Å²) in [6, 6.07) is 4.75. The second-order valence-corrected chi connectivity index (χ2v) is 8.56. The normalized spacial score (nSPS) is 15.4. The number of hydrogen-bond acceptors (Lipinski definition) is 4. The van der Waals surface area contributed by atoms with E-state index < -0.39 is 0 Å². The first-order valence-corrected chi connectivity index (χ1v) is 8.90. The van der Waals surface area contributed by atoms with Gasteiger partial charge in [0.2, 0.25) is 0 Å². The number of nitrogens with zero attached hydrogens (tertiary/aromatic N) is 2. The zero-order valence-electron chi connectivity index (χ0n) is 12.6. The summed E-state index contributed by atoms with van der Waals surface area (Å²) in [5.74, 6) is 0. The van der Waals surface area contributed by atoms with E-state index in [4.69, 9.17) is 4.98 Å². The number of aromatic nitrogens is 2. The van der Waals surface area contributed by atoms with Gasteiger partial charge in [0, 0.05) is 33.5 Å². The van der Waals surface area contributed by atoms with E-state index in [9.17, 15) is 0 Å². The summed E-state index contributed by atoms with van der Waals surface area (Å²) in [5.41, 5.74) is 2.21. The lowest BCUT2D eigenvalue weighted by Crippen LogP contribution is -2.19. The molecule has 21 heavy (non-hydrogen) atoms. The van der Waals surface area contributed by atoms with Crippen molar-refractivity contribution >= 4 is 27.3 Å². The minimum Gasteiger partial charge on any atom is -0.309 e. The Labute approximate surface area is 138 Å². The fourth-order valence-electron chi connectivity index (χ4n) is 2.19. The van der Waals surface area contributed by atoms with Gasteiger partial charge in [-0.25, -0.2) is 4.98 Å². The van der Waals surface area contributed by atoms with Gasteiger partial charge in [-0.15, -0.1) is 11.3 Å². The van der Waals surface area contributed by atoms with Crippen molar-refractivity contribution in [2.75, 3.05) is 0 Å². The van der Waals surface area contributed by atoms with Crippen molar-refractivity contribution in [1.82, 2.24) is 15.3 Å². The van der Waals surface area contributed by atoms with Gasteiger partial charge in [0.1, 0.15) is 5.01 Å². The highest BCUT2D eigenvalue weighted by Gasteiger charge is 2.26. The highest BCUT2D eigenvalue weighted by Crippen LogP contribution is 2.34. The molecule has 2 heterocycles. The molecule has 2 aromatic rings. The van der Waals surface area contributed by atoms with Gasteiger partial charge in [-0.05, 0) is 40.9 Å². The van der Waals surface area contributed by atoms with Crippen LogP contribution >= 0.6 is 27.3 Å². The third kappa shape index (κ3) is 3.71. The van der Waals surface area contributed by atoms with Crippen LogP contribution in [0.4, 0.5) is 0 Å². The van der Waals surface area contributed by atoms with E-state index in [1.54, 1.807) is 11.3 Å². The molecule has 1 aliphatic rings. The Morgan fingerprint density at radius 1 is 1.33 bits per heavy atom. The summed E-state index contributed by atoms with van der Waals surface area (Å²) in [5, 5.41) is 4.62. The van der Waals surface area contributed by atoms with Crippen LogP contribution < -0.4 is 5.32 Å². The third-order valence-electron chi connectivity index (χ3n) is 3.48. The molecule has 0 atom stereocenters. The van der Waals surface area contributed by atoms with Crippen LogP contribution in [-0.4, -0.2) is 16.0 Å². The molecule has 3 nitrogen and oxygen atoms in total. The second-order valence-electron chi connectivity index (χ2n) is 6.56. The number of nitrogens with one attached hydrogen (secondary N) is 1. The van der Waals surface area contributed by atoms with Crippen LogP contribution in [-0.2, 0) is 12.0 Å². The van der Waals surface area contributed by atoms with Crippen molar-refractivity contribution in [3.8, 4) is 10.7 Å². The lowest BCUT2D eigenvalue weighted by Gasteiger charge is -2.17. The number of pyridine rings is 1. The third-order valence-corrected chi connectivity index (χ3v) is 5.03. The first-order valence-electron chi connectivity index (χ1n) is 7.29. The minimum atomic E-state index is 0.0602. The summed E-state index contributed by atoms with van der Waals surface area (Å²) in [6.45, 7) is 7.59. The van der Waals surface area contributed by atoms with Crippen molar-refractivity contribution in [2.24, 2.45) is 0 Å². The van der Waals surface area contributed by atoms with Crippen LogP contribution in [0.25, 0.3) is 10.7 Å². The molecule has 1 saturated carbocycles. The van der Waals surface area contributed by atoms with Crippen molar-refractivity contribution in [2.45, 2.75) is 51.6 Å². The Morgan fingerprint density at radius 3 is 2.67 bits per heavy atom. The first kappa shape index (κ1) is 15.1. The average Bonchev–Trinajstić information content (AvgIpc) is 3.14. The predicted molar refractivity (Wildman–Crippen MR) is 91.6 cm³/mol. The molecule has 5 heteroatoms. The second kappa shape index (κ2) is 5.78. The minimum absolute atomic E-state index is 0.0602. The molecular formula is C16H20BrN3S. The maximum absolute atomic E-state index is 4.88. The van der Waals surface area contributed by atoms with E-state index in [0.29, 0.717) is 6.04 Å². The standard InChI is InChI=1S/C16H20BrN3S/c1-16(2,3)14-13(9-18-11-5-6-11)21-15(20-14)12-7-4-10(17)8-19-12/h4,7-8,11,18H,5-6,9H2,1-3H3. The van der Waals surface area contributed by atoms with Crippen molar-refractivity contribution in [3.63, 3.8) is 0 Å². The highest BCUT2D eigenvalue weighted by atomic mass is 79.9. The molecule has 0 saturated heterocycles. The van der Waals surface area contributed by atoms with E-state index >= 15 is 0 Å². The van der Waals surface area contributed by atoms with Crippen LogP contribution in [0.5, 0.6) is 0 Å². The van der Waals surface area contributed by atoms with Crippen molar-refractivity contribution in [3.05, 3.63) is 33.4 Å². The van der Waals surface area contributed by atoms with Gasteiger partial charge in [0.05, 0.1) is 11.4 Å². The van der Waals surface area contributed by atoms with E-state index in [2.05, 4.69) is 47.0 Å². The lowest BCUT2D eigenvalue weighted by atomic mass is 9.91. The molecule has 0 aliphatic heterocycles. The topological polar surface area (TPSA) is 37.8 Å². The fraction of sp³-hybridized carbons (Fsp3) is 0.500. The van der Waals surface area contributed by atoms with Crippen LogP contribution in [0.2, 0.25) is 0 Å².